The summed E-state index contributed by atoms with van der Waals surface area (Å²) in [4.78, 5) is 50.6. The lowest BCUT2D eigenvalue weighted by Gasteiger charge is -2.26. The molecule has 0 atom stereocenters. The van der Waals surface area contributed by atoms with Crippen molar-refractivity contribution in [2.24, 2.45) is 0 Å². The van der Waals surface area contributed by atoms with Gasteiger partial charge in [-0.3, -0.25) is 19.7 Å². The predicted molar refractivity (Wildman–Crippen MR) is 137 cm³/mol. The standard InChI is InChI=1S/C25H16Cl3N3O5/c26-15-2-6-17(7-3-15)29-22(32)13-36-21-10-1-14(12-20(21)28)11-19-23(33)30-25(35)31(24(19)34)18-8-4-16(27)5-9-18/h1-12H,13H2,(H,29,32)(H,30,33,35)/b19-11+. The molecular weight excluding hydrogens is 529 g/mol. The molecule has 0 bridgehead atoms. The highest BCUT2D eigenvalue weighted by atomic mass is 35.5. The Balaban J connectivity index is 1.47. The van der Waals surface area contributed by atoms with Crippen LogP contribution in [-0.4, -0.2) is 30.4 Å². The van der Waals surface area contributed by atoms with Crippen molar-refractivity contribution >= 4 is 76.0 Å². The van der Waals surface area contributed by atoms with Crippen molar-refractivity contribution in [1.82, 2.24) is 5.32 Å². The first kappa shape index (κ1) is 25.2. The zero-order chi connectivity index (χ0) is 25.8. The Morgan fingerprint density at radius 1 is 0.917 bits per heavy atom. The molecule has 3 aromatic rings. The van der Waals surface area contributed by atoms with Gasteiger partial charge >= 0.3 is 6.03 Å². The third-order valence-electron chi connectivity index (χ3n) is 4.94. The molecule has 0 unspecified atom stereocenters. The first-order valence-electron chi connectivity index (χ1n) is 10.4. The number of nitrogens with zero attached hydrogens (tertiary/aromatic N) is 1. The first-order chi connectivity index (χ1) is 17.2. The number of carbonyl (C=O) groups is 4. The molecule has 0 radical (unpaired) electrons. The van der Waals surface area contributed by atoms with E-state index in [1.165, 1.54) is 42.5 Å². The number of anilines is 2. The largest absolute Gasteiger partial charge is 0.482 e. The third kappa shape index (κ3) is 5.85. The van der Waals surface area contributed by atoms with E-state index in [9.17, 15) is 19.2 Å². The quantitative estimate of drug-likeness (QED) is 0.322. The number of barbiturate groups is 1. The second-order valence-corrected chi connectivity index (χ2v) is 8.75. The molecule has 0 aromatic heterocycles. The van der Waals surface area contributed by atoms with Crippen LogP contribution in [0.5, 0.6) is 5.75 Å². The zero-order valence-electron chi connectivity index (χ0n) is 18.3. The summed E-state index contributed by atoms with van der Waals surface area (Å²) >= 11 is 18.0. The molecule has 36 heavy (non-hydrogen) atoms. The lowest BCUT2D eigenvalue weighted by molar-refractivity contribution is -0.122. The van der Waals surface area contributed by atoms with Crippen LogP contribution < -0.4 is 20.3 Å². The van der Waals surface area contributed by atoms with Crippen LogP contribution in [0.1, 0.15) is 5.56 Å². The van der Waals surface area contributed by atoms with E-state index in [0.29, 0.717) is 21.3 Å². The maximum atomic E-state index is 13.0. The molecule has 8 nitrogen and oxygen atoms in total. The van der Waals surface area contributed by atoms with E-state index in [4.69, 9.17) is 39.5 Å². The van der Waals surface area contributed by atoms with Crippen LogP contribution in [0, 0.1) is 0 Å². The Bertz CT molecular complexity index is 1390. The monoisotopic (exact) mass is 543 g/mol. The van der Waals surface area contributed by atoms with Gasteiger partial charge in [-0.25, -0.2) is 9.69 Å². The molecule has 1 heterocycles. The highest BCUT2D eigenvalue weighted by molar-refractivity contribution is 6.39. The molecule has 1 saturated heterocycles. The molecule has 5 amide bonds. The van der Waals surface area contributed by atoms with Crippen LogP contribution in [0.25, 0.3) is 6.08 Å². The SMILES string of the molecule is O=C(COc1ccc(/C=C2\C(=O)NC(=O)N(c3ccc(Cl)cc3)C2=O)cc1Cl)Nc1ccc(Cl)cc1. The third-order valence-corrected chi connectivity index (χ3v) is 5.74. The Labute approximate surface area is 220 Å². The number of urea groups is 1. The summed E-state index contributed by atoms with van der Waals surface area (Å²) in [7, 11) is 0. The average Bonchev–Trinajstić information content (AvgIpc) is 2.84. The molecule has 182 valence electrons. The summed E-state index contributed by atoms with van der Waals surface area (Å²) in [5.74, 6) is -1.83. The summed E-state index contributed by atoms with van der Waals surface area (Å²) in [6, 6.07) is 16.2. The van der Waals surface area contributed by atoms with Crippen molar-refractivity contribution in [2.45, 2.75) is 0 Å². The van der Waals surface area contributed by atoms with Gasteiger partial charge in [0.15, 0.2) is 6.61 Å². The molecule has 4 rings (SSSR count). The van der Waals surface area contributed by atoms with Crippen molar-refractivity contribution in [3.05, 3.63) is 92.9 Å². The van der Waals surface area contributed by atoms with Gasteiger partial charge in [0.1, 0.15) is 11.3 Å². The molecule has 3 aromatic carbocycles. The first-order valence-corrected chi connectivity index (χ1v) is 11.5. The van der Waals surface area contributed by atoms with Crippen LogP contribution in [0.4, 0.5) is 16.2 Å². The summed E-state index contributed by atoms with van der Waals surface area (Å²) in [6.07, 6.45) is 1.30. The average molecular weight is 545 g/mol. The minimum Gasteiger partial charge on any atom is -0.482 e. The molecule has 1 aliphatic rings. The second-order valence-electron chi connectivity index (χ2n) is 7.47. The summed E-state index contributed by atoms with van der Waals surface area (Å²) < 4.78 is 5.48. The normalized spacial score (nSPS) is 14.6. The smallest absolute Gasteiger partial charge is 0.335 e. The van der Waals surface area contributed by atoms with Gasteiger partial charge in [0, 0.05) is 15.7 Å². The van der Waals surface area contributed by atoms with Gasteiger partial charge < -0.3 is 10.1 Å². The van der Waals surface area contributed by atoms with E-state index >= 15 is 0 Å². The number of hydrogen-bond donors (Lipinski definition) is 2. The van der Waals surface area contributed by atoms with Crippen LogP contribution in [0.15, 0.2) is 72.3 Å². The minimum atomic E-state index is -0.872. The molecule has 1 fully saturated rings. The van der Waals surface area contributed by atoms with Crippen molar-refractivity contribution in [2.75, 3.05) is 16.8 Å². The van der Waals surface area contributed by atoms with Crippen molar-refractivity contribution in [3.8, 4) is 5.75 Å². The van der Waals surface area contributed by atoms with Crippen molar-refractivity contribution in [1.29, 1.82) is 0 Å². The number of nitrogens with one attached hydrogen (secondary N) is 2. The maximum Gasteiger partial charge on any atom is 0.335 e. The van der Waals surface area contributed by atoms with Crippen LogP contribution in [0.2, 0.25) is 15.1 Å². The fourth-order valence-electron chi connectivity index (χ4n) is 3.25. The van der Waals surface area contributed by atoms with Gasteiger partial charge in [0.2, 0.25) is 0 Å². The number of carbonyl (C=O) groups excluding carboxylic acids is 4. The molecule has 0 spiro atoms. The van der Waals surface area contributed by atoms with Gasteiger partial charge in [0.05, 0.1) is 10.7 Å². The summed E-state index contributed by atoms with van der Waals surface area (Å²) in [5, 5.41) is 5.92. The highest BCUT2D eigenvalue weighted by Crippen LogP contribution is 2.28. The number of benzene rings is 3. The Morgan fingerprint density at radius 3 is 2.19 bits per heavy atom. The Kier molecular flexibility index (Phi) is 7.59. The number of amides is 5. The van der Waals surface area contributed by atoms with Crippen LogP contribution in [0.3, 0.4) is 0 Å². The van der Waals surface area contributed by atoms with Gasteiger partial charge in [-0.15, -0.1) is 0 Å². The van der Waals surface area contributed by atoms with E-state index in [1.54, 1.807) is 30.3 Å². The number of imide groups is 2. The zero-order valence-corrected chi connectivity index (χ0v) is 20.5. The molecule has 1 aliphatic heterocycles. The lowest BCUT2D eigenvalue weighted by atomic mass is 10.1. The van der Waals surface area contributed by atoms with E-state index in [-0.39, 0.29) is 28.6 Å². The van der Waals surface area contributed by atoms with Gasteiger partial charge in [-0.05, 0) is 72.3 Å². The summed E-state index contributed by atoms with van der Waals surface area (Å²) in [5.41, 5.74) is 0.945. The molecule has 0 saturated carbocycles. The number of rotatable bonds is 6. The van der Waals surface area contributed by atoms with Gasteiger partial charge in [0.25, 0.3) is 17.7 Å². The van der Waals surface area contributed by atoms with Crippen LogP contribution >= 0.6 is 34.8 Å². The number of hydrogen-bond acceptors (Lipinski definition) is 5. The molecule has 2 N–H and O–H groups in total. The molecule has 11 heteroatoms. The lowest BCUT2D eigenvalue weighted by Crippen LogP contribution is -2.54. The minimum absolute atomic E-state index is 0.151. The number of ether oxygens (including phenoxy) is 1. The second kappa shape index (κ2) is 10.8. The highest BCUT2D eigenvalue weighted by Gasteiger charge is 2.36. The van der Waals surface area contributed by atoms with E-state index in [1.807, 2.05) is 0 Å². The molecular formula is C25H16Cl3N3O5. The van der Waals surface area contributed by atoms with E-state index < -0.39 is 23.8 Å². The van der Waals surface area contributed by atoms with Crippen molar-refractivity contribution < 1.29 is 23.9 Å². The topological polar surface area (TPSA) is 105 Å². The fourth-order valence-corrected chi connectivity index (χ4v) is 3.74. The van der Waals surface area contributed by atoms with Gasteiger partial charge in [-0.1, -0.05) is 40.9 Å². The van der Waals surface area contributed by atoms with E-state index in [0.717, 1.165) is 4.90 Å². The van der Waals surface area contributed by atoms with Crippen molar-refractivity contribution in [3.63, 3.8) is 0 Å². The predicted octanol–water partition coefficient (Wildman–Crippen LogP) is 5.33. The Hall–Kier alpha value is -3.85. The van der Waals surface area contributed by atoms with Gasteiger partial charge in [-0.2, -0.15) is 0 Å². The molecule has 0 aliphatic carbocycles. The van der Waals surface area contributed by atoms with E-state index in [2.05, 4.69) is 10.6 Å². The Morgan fingerprint density at radius 2 is 1.56 bits per heavy atom. The van der Waals surface area contributed by atoms with Crippen LogP contribution in [-0.2, 0) is 14.4 Å². The summed E-state index contributed by atoms with van der Waals surface area (Å²) in [6.45, 7) is -0.304. The number of halogens is 3. The maximum absolute atomic E-state index is 13.0. The fraction of sp³-hybridized carbons (Fsp3) is 0.0400.